The van der Waals surface area contributed by atoms with Gasteiger partial charge in [-0.1, -0.05) is 24.2 Å². The van der Waals surface area contributed by atoms with E-state index in [0.717, 1.165) is 25.9 Å². The molecule has 2 aromatic rings. The summed E-state index contributed by atoms with van der Waals surface area (Å²) in [5.41, 5.74) is 5.57. The highest BCUT2D eigenvalue weighted by atomic mass is 16.5. The number of carbonyl (C=O) groups is 2. The van der Waals surface area contributed by atoms with E-state index in [2.05, 4.69) is 27.3 Å². The fourth-order valence-corrected chi connectivity index (χ4v) is 3.17. The Morgan fingerprint density at radius 2 is 2.22 bits per heavy atom. The Kier molecular flexibility index (Phi) is 6.02. The molecule has 144 valence electrons. The number of nitrogens with one attached hydrogen (secondary N) is 1. The third-order valence-corrected chi connectivity index (χ3v) is 4.58. The molecule has 1 aliphatic heterocycles. The first-order chi connectivity index (χ1) is 13.1. The summed E-state index contributed by atoms with van der Waals surface area (Å²) >= 11 is 0. The van der Waals surface area contributed by atoms with Crippen molar-refractivity contribution in [2.75, 3.05) is 19.6 Å². The van der Waals surface area contributed by atoms with Crippen LogP contribution in [0.1, 0.15) is 46.6 Å². The number of hydrogen-bond donors (Lipinski definition) is 2. The molecule has 1 aromatic carbocycles. The molecule has 0 spiro atoms. The number of amides is 2. The van der Waals surface area contributed by atoms with E-state index in [4.69, 9.17) is 15.0 Å². The smallest absolute Gasteiger partial charge is 0.316 e. The molecule has 9 heteroatoms. The van der Waals surface area contributed by atoms with Crippen molar-refractivity contribution in [1.29, 1.82) is 0 Å². The number of ether oxygens (including phenoxy) is 1. The van der Waals surface area contributed by atoms with Gasteiger partial charge in [0.15, 0.2) is 6.61 Å². The van der Waals surface area contributed by atoms with Crippen LogP contribution in [0.15, 0.2) is 28.8 Å². The average Bonchev–Trinajstić information content (AvgIpc) is 3.33. The highest BCUT2D eigenvalue weighted by Gasteiger charge is 2.24. The Morgan fingerprint density at radius 1 is 1.41 bits per heavy atom. The van der Waals surface area contributed by atoms with E-state index in [1.54, 1.807) is 24.3 Å². The van der Waals surface area contributed by atoms with Crippen LogP contribution in [0, 0.1) is 0 Å². The summed E-state index contributed by atoms with van der Waals surface area (Å²) < 4.78 is 10.5. The van der Waals surface area contributed by atoms with E-state index in [1.807, 2.05) is 0 Å². The van der Waals surface area contributed by atoms with Crippen LogP contribution in [0.2, 0.25) is 0 Å². The molecule has 3 N–H and O–H groups in total. The van der Waals surface area contributed by atoms with Gasteiger partial charge in [0.25, 0.3) is 5.91 Å². The van der Waals surface area contributed by atoms with Gasteiger partial charge < -0.3 is 20.3 Å². The fourth-order valence-electron chi connectivity index (χ4n) is 3.17. The van der Waals surface area contributed by atoms with Crippen LogP contribution >= 0.6 is 0 Å². The maximum atomic E-state index is 12.2. The average molecular weight is 373 g/mol. The van der Waals surface area contributed by atoms with Gasteiger partial charge in [-0.05, 0) is 38.1 Å². The molecule has 1 aliphatic rings. The summed E-state index contributed by atoms with van der Waals surface area (Å²) in [6.07, 6.45) is 2.21. The highest BCUT2D eigenvalue weighted by molar-refractivity contribution is 5.95. The van der Waals surface area contributed by atoms with Crippen LogP contribution in [0.4, 0.5) is 0 Å². The summed E-state index contributed by atoms with van der Waals surface area (Å²) in [4.78, 5) is 30.0. The van der Waals surface area contributed by atoms with Crippen molar-refractivity contribution < 1.29 is 18.8 Å². The Bertz CT molecular complexity index is 807. The van der Waals surface area contributed by atoms with Crippen LogP contribution in [0.3, 0.4) is 0 Å². The first kappa shape index (κ1) is 18.8. The quantitative estimate of drug-likeness (QED) is 0.706. The molecule has 2 heterocycles. The third-order valence-electron chi connectivity index (χ3n) is 4.58. The lowest BCUT2D eigenvalue weighted by atomic mass is 10.2. The van der Waals surface area contributed by atoms with E-state index in [0.29, 0.717) is 18.3 Å². The molecule has 1 saturated heterocycles. The SMILES string of the molecule is CCN1CCCC1CNC(=O)c1nc(COc2ccccc2C(N)=O)no1. The van der Waals surface area contributed by atoms with Crippen LogP contribution in [0.5, 0.6) is 5.75 Å². The maximum Gasteiger partial charge on any atom is 0.316 e. The van der Waals surface area contributed by atoms with Gasteiger partial charge in [0, 0.05) is 12.6 Å². The molecule has 1 aromatic heterocycles. The van der Waals surface area contributed by atoms with Crippen molar-refractivity contribution >= 4 is 11.8 Å². The minimum Gasteiger partial charge on any atom is -0.485 e. The number of aromatic nitrogens is 2. The predicted octanol–water partition coefficient (Wildman–Crippen LogP) is 0.962. The zero-order chi connectivity index (χ0) is 19.2. The predicted molar refractivity (Wildman–Crippen MR) is 96.2 cm³/mol. The Hall–Kier alpha value is -2.94. The molecule has 1 unspecified atom stereocenters. The highest BCUT2D eigenvalue weighted by Crippen LogP contribution is 2.18. The molecular formula is C18H23N5O4. The van der Waals surface area contributed by atoms with Gasteiger partial charge >= 0.3 is 11.8 Å². The van der Waals surface area contributed by atoms with Crippen molar-refractivity contribution in [2.45, 2.75) is 32.4 Å². The standard InChI is InChI=1S/C18H23N5O4/c1-2-23-9-5-6-12(23)10-20-17(25)18-21-15(22-27-18)11-26-14-8-4-3-7-13(14)16(19)24/h3-4,7-8,12H,2,5-6,9-11H2,1H3,(H2,19,24)(H,20,25). The lowest BCUT2D eigenvalue weighted by Gasteiger charge is -2.22. The Labute approximate surface area is 156 Å². The Morgan fingerprint density at radius 3 is 3.00 bits per heavy atom. The first-order valence-corrected chi connectivity index (χ1v) is 8.95. The van der Waals surface area contributed by atoms with E-state index in [1.165, 1.54) is 0 Å². The largest absolute Gasteiger partial charge is 0.485 e. The monoisotopic (exact) mass is 373 g/mol. The number of primary amides is 1. The summed E-state index contributed by atoms with van der Waals surface area (Å²) in [5.74, 6) is -0.587. The van der Waals surface area contributed by atoms with Crippen LogP contribution in [-0.2, 0) is 6.61 Å². The zero-order valence-electron chi connectivity index (χ0n) is 15.2. The van der Waals surface area contributed by atoms with E-state index in [9.17, 15) is 9.59 Å². The van der Waals surface area contributed by atoms with Gasteiger partial charge in [-0.2, -0.15) is 4.98 Å². The summed E-state index contributed by atoms with van der Waals surface area (Å²) in [7, 11) is 0. The second-order valence-corrected chi connectivity index (χ2v) is 6.30. The minimum absolute atomic E-state index is 0.0483. The third kappa shape index (κ3) is 4.62. The number of carbonyl (C=O) groups excluding carboxylic acids is 2. The first-order valence-electron chi connectivity index (χ1n) is 8.95. The summed E-state index contributed by atoms with van der Waals surface area (Å²) in [6, 6.07) is 6.94. The molecule has 0 bridgehead atoms. The van der Waals surface area contributed by atoms with Gasteiger partial charge in [0.05, 0.1) is 5.56 Å². The number of rotatable bonds is 8. The van der Waals surface area contributed by atoms with Crippen LogP contribution < -0.4 is 15.8 Å². The second-order valence-electron chi connectivity index (χ2n) is 6.30. The zero-order valence-corrected chi connectivity index (χ0v) is 15.2. The normalized spacial score (nSPS) is 17.0. The molecule has 9 nitrogen and oxygen atoms in total. The molecule has 0 saturated carbocycles. The minimum atomic E-state index is -0.591. The molecule has 2 amide bonds. The molecule has 27 heavy (non-hydrogen) atoms. The van der Waals surface area contributed by atoms with E-state index < -0.39 is 11.8 Å². The van der Waals surface area contributed by atoms with Crippen LogP contribution in [-0.4, -0.2) is 52.5 Å². The number of benzene rings is 1. The van der Waals surface area contributed by atoms with Crippen molar-refractivity contribution in [3.63, 3.8) is 0 Å². The number of likely N-dealkylation sites (N-methyl/N-ethyl adjacent to an activating group) is 1. The van der Waals surface area contributed by atoms with Gasteiger partial charge in [0.2, 0.25) is 5.82 Å². The molecule has 0 radical (unpaired) electrons. The summed E-state index contributed by atoms with van der Waals surface area (Å²) in [6.45, 7) is 4.64. The van der Waals surface area contributed by atoms with Crippen molar-refractivity contribution in [3.8, 4) is 5.75 Å². The Balaban J connectivity index is 1.54. The molecule has 1 atom stereocenters. The van der Waals surface area contributed by atoms with Gasteiger partial charge in [-0.25, -0.2) is 0 Å². The van der Waals surface area contributed by atoms with Crippen molar-refractivity contribution in [3.05, 3.63) is 41.5 Å². The number of para-hydroxylation sites is 1. The number of nitrogens with zero attached hydrogens (tertiary/aromatic N) is 3. The van der Waals surface area contributed by atoms with Crippen molar-refractivity contribution in [1.82, 2.24) is 20.4 Å². The number of nitrogens with two attached hydrogens (primary N) is 1. The van der Waals surface area contributed by atoms with Gasteiger partial charge in [-0.3, -0.25) is 14.5 Å². The summed E-state index contributed by atoms with van der Waals surface area (Å²) in [5, 5.41) is 6.58. The fraction of sp³-hybridized carbons (Fsp3) is 0.444. The van der Waals surface area contributed by atoms with E-state index in [-0.39, 0.29) is 23.9 Å². The molecular weight excluding hydrogens is 350 g/mol. The van der Waals surface area contributed by atoms with E-state index >= 15 is 0 Å². The molecule has 0 aliphatic carbocycles. The second kappa shape index (κ2) is 8.63. The van der Waals surface area contributed by atoms with Gasteiger partial charge in [-0.15, -0.1) is 0 Å². The lowest BCUT2D eigenvalue weighted by molar-refractivity contribution is 0.0896. The van der Waals surface area contributed by atoms with Crippen LogP contribution in [0.25, 0.3) is 0 Å². The number of likely N-dealkylation sites (tertiary alicyclic amines) is 1. The maximum absolute atomic E-state index is 12.2. The lowest BCUT2D eigenvalue weighted by Crippen LogP contribution is -2.40. The molecule has 1 fully saturated rings. The van der Waals surface area contributed by atoms with Crippen molar-refractivity contribution in [2.24, 2.45) is 5.73 Å². The number of hydrogen-bond acceptors (Lipinski definition) is 7. The molecule has 3 rings (SSSR count). The topological polar surface area (TPSA) is 124 Å². The van der Waals surface area contributed by atoms with Gasteiger partial charge in [0.1, 0.15) is 5.75 Å².